The number of hydrogen-bond donors (Lipinski definition) is 0. The Morgan fingerprint density at radius 3 is 2.64 bits per heavy atom. The van der Waals surface area contributed by atoms with Crippen LogP contribution < -0.4 is 4.74 Å². The second kappa shape index (κ2) is 4.04. The van der Waals surface area contributed by atoms with Crippen molar-refractivity contribution in [1.29, 1.82) is 0 Å². The third kappa shape index (κ3) is 2.76. The maximum atomic E-state index is 5.73. The van der Waals surface area contributed by atoms with Gasteiger partial charge >= 0.3 is 0 Å². The molecule has 1 aromatic heterocycles. The molecule has 0 spiro atoms. The molecule has 14 heavy (non-hydrogen) atoms. The molecular formula is C9H8Cl2N2O. The molecule has 1 aromatic rings. The van der Waals surface area contributed by atoms with Gasteiger partial charge in [-0.25, -0.2) is 0 Å². The van der Waals surface area contributed by atoms with Gasteiger partial charge in [0.15, 0.2) is 21.7 Å². The van der Waals surface area contributed by atoms with E-state index in [4.69, 9.17) is 34.4 Å². The first-order valence-corrected chi connectivity index (χ1v) is 4.56. The van der Waals surface area contributed by atoms with E-state index in [1.807, 2.05) is 0 Å². The molecule has 0 saturated carbocycles. The minimum Gasteiger partial charge on any atom is -0.472 e. The van der Waals surface area contributed by atoms with Gasteiger partial charge in [-0.15, -0.1) is 16.6 Å². The predicted octanol–water partition coefficient (Wildman–Crippen LogP) is 2.57. The standard InChI is InChI=1S/C9H8Cl2N2O/c1-4-9(2,3)14-6-5-7(10)12-13-8(6)11/h1,5H,2-3H3. The van der Waals surface area contributed by atoms with Crippen molar-refractivity contribution in [3.63, 3.8) is 0 Å². The van der Waals surface area contributed by atoms with Crippen LogP contribution in [0, 0.1) is 12.3 Å². The van der Waals surface area contributed by atoms with Crippen LogP contribution in [0.5, 0.6) is 5.75 Å². The lowest BCUT2D eigenvalue weighted by Gasteiger charge is -2.20. The second-order valence-electron chi connectivity index (χ2n) is 3.08. The first kappa shape index (κ1) is 11.1. The Kier molecular flexibility index (Phi) is 3.20. The predicted molar refractivity (Wildman–Crippen MR) is 55.6 cm³/mol. The molecule has 0 bridgehead atoms. The zero-order valence-corrected chi connectivity index (χ0v) is 9.23. The summed E-state index contributed by atoms with van der Waals surface area (Å²) in [6, 6.07) is 1.47. The largest absolute Gasteiger partial charge is 0.472 e. The third-order valence-corrected chi connectivity index (χ3v) is 1.85. The molecule has 1 rings (SSSR count). The monoisotopic (exact) mass is 230 g/mol. The van der Waals surface area contributed by atoms with Gasteiger partial charge in [-0.1, -0.05) is 29.1 Å². The summed E-state index contributed by atoms with van der Waals surface area (Å²) in [4.78, 5) is 0. The average molecular weight is 231 g/mol. The molecule has 0 amide bonds. The number of aromatic nitrogens is 2. The highest BCUT2D eigenvalue weighted by Gasteiger charge is 2.18. The summed E-state index contributed by atoms with van der Waals surface area (Å²) in [6.45, 7) is 3.47. The van der Waals surface area contributed by atoms with Crippen LogP contribution >= 0.6 is 23.2 Å². The summed E-state index contributed by atoms with van der Waals surface area (Å²) in [6.07, 6.45) is 5.26. The Labute approximate surface area is 92.4 Å². The van der Waals surface area contributed by atoms with Gasteiger partial charge in [-0.3, -0.25) is 0 Å². The van der Waals surface area contributed by atoms with Crippen molar-refractivity contribution in [2.24, 2.45) is 0 Å². The molecule has 0 aliphatic carbocycles. The lowest BCUT2D eigenvalue weighted by atomic mass is 10.1. The van der Waals surface area contributed by atoms with Crippen molar-refractivity contribution in [2.45, 2.75) is 19.4 Å². The van der Waals surface area contributed by atoms with Gasteiger partial charge in [0.2, 0.25) is 0 Å². The van der Waals surface area contributed by atoms with E-state index >= 15 is 0 Å². The molecule has 0 aliphatic rings. The summed E-state index contributed by atoms with van der Waals surface area (Å²) < 4.78 is 5.41. The first-order chi connectivity index (χ1) is 6.44. The Hall–Kier alpha value is -0.980. The topological polar surface area (TPSA) is 35.0 Å². The van der Waals surface area contributed by atoms with Crippen LogP contribution in [-0.4, -0.2) is 15.8 Å². The highest BCUT2D eigenvalue weighted by molar-refractivity contribution is 6.32. The molecule has 1 heterocycles. The number of terminal acetylenes is 1. The number of halogens is 2. The summed E-state index contributed by atoms with van der Waals surface area (Å²) >= 11 is 11.4. The van der Waals surface area contributed by atoms with Crippen LogP contribution in [0.15, 0.2) is 6.07 Å². The zero-order chi connectivity index (χ0) is 10.8. The van der Waals surface area contributed by atoms with Gasteiger partial charge in [0.1, 0.15) is 0 Å². The lowest BCUT2D eigenvalue weighted by Crippen LogP contribution is -2.25. The smallest absolute Gasteiger partial charge is 0.193 e. The highest BCUT2D eigenvalue weighted by Crippen LogP contribution is 2.26. The molecule has 0 radical (unpaired) electrons. The summed E-state index contributed by atoms with van der Waals surface area (Å²) in [5.41, 5.74) is -0.754. The van der Waals surface area contributed by atoms with Crippen LogP contribution in [0.1, 0.15) is 13.8 Å². The fraction of sp³-hybridized carbons (Fsp3) is 0.333. The number of nitrogens with zero attached hydrogens (tertiary/aromatic N) is 2. The van der Waals surface area contributed by atoms with E-state index in [1.54, 1.807) is 13.8 Å². The van der Waals surface area contributed by atoms with E-state index in [1.165, 1.54) is 6.07 Å². The van der Waals surface area contributed by atoms with Crippen molar-refractivity contribution in [1.82, 2.24) is 10.2 Å². The third-order valence-electron chi connectivity index (χ3n) is 1.40. The van der Waals surface area contributed by atoms with E-state index in [9.17, 15) is 0 Å². The number of rotatable bonds is 2. The SMILES string of the molecule is C#CC(C)(C)Oc1cc(Cl)nnc1Cl. The van der Waals surface area contributed by atoms with Crippen molar-refractivity contribution in [2.75, 3.05) is 0 Å². The molecule has 74 valence electrons. The Morgan fingerprint density at radius 1 is 1.43 bits per heavy atom. The van der Waals surface area contributed by atoms with E-state index in [2.05, 4.69) is 16.1 Å². The fourth-order valence-corrected chi connectivity index (χ4v) is 0.981. The molecule has 0 aliphatic heterocycles. The van der Waals surface area contributed by atoms with Crippen LogP contribution in [-0.2, 0) is 0 Å². The van der Waals surface area contributed by atoms with E-state index < -0.39 is 5.60 Å². The lowest BCUT2D eigenvalue weighted by molar-refractivity contribution is 0.171. The molecule has 3 nitrogen and oxygen atoms in total. The van der Waals surface area contributed by atoms with Gasteiger partial charge in [-0.05, 0) is 13.8 Å². The van der Waals surface area contributed by atoms with Gasteiger partial charge < -0.3 is 4.74 Å². The van der Waals surface area contributed by atoms with Crippen LogP contribution in [0.3, 0.4) is 0 Å². The normalized spacial score (nSPS) is 10.8. The van der Waals surface area contributed by atoms with Gasteiger partial charge in [0.25, 0.3) is 0 Å². The fourth-order valence-electron chi connectivity index (χ4n) is 0.713. The summed E-state index contributed by atoms with van der Waals surface area (Å²) in [7, 11) is 0. The minimum absolute atomic E-state index is 0.137. The Morgan fingerprint density at radius 2 is 2.07 bits per heavy atom. The van der Waals surface area contributed by atoms with Gasteiger partial charge in [0.05, 0.1) is 0 Å². The summed E-state index contributed by atoms with van der Waals surface area (Å²) in [5.74, 6) is 2.79. The van der Waals surface area contributed by atoms with Crippen molar-refractivity contribution >= 4 is 23.2 Å². The quantitative estimate of drug-likeness (QED) is 0.733. The average Bonchev–Trinajstić information content (AvgIpc) is 2.11. The molecule has 0 atom stereocenters. The molecule has 0 fully saturated rings. The highest BCUT2D eigenvalue weighted by atomic mass is 35.5. The van der Waals surface area contributed by atoms with E-state index in [0.29, 0.717) is 5.75 Å². The molecule has 0 saturated heterocycles. The summed E-state index contributed by atoms with van der Waals surface area (Å²) in [5, 5.41) is 7.48. The van der Waals surface area contributed by atoms with E-state index in [-0.39, 0.29) is 10.3 Å². The van der Waals surface area contributed by atoms with Crippen molar-refractivity contribution < 1.29 is 4.74 Å². The van der Waals surface area contributed by atoms with Gasteiger partial charge in [-0.2, -0.15) is 0 Å². The van der Waals surface area contributed by atoms with Crippen molar-refractivity contribution in [3.8, 4) is 18.1 Å². The Balaban J connectivity index is 2.98. The molecule has 0 aromatic carbocycles. The van der Waals surface area contributed by atoms with Gasteiger partial charge in [0, 0.05) is 6.07 Å². The number of hydrogen-bond acceptors (Lipinski definition) is 3. The van der Waals surface area contributed by atoms with E-state index in [0.717, 1.165) is 0 Å². The molecule has 0 N–H and O–H groups in total. The number of ether oxygens (including phenoxy) is 1. The second-order valence-corrected chi connectivity index (χ2v) is 3.82. The maximum absolute atomic E-state index is 5.73. The van der Waals surface area contributed by atoms with Crippen LogP contribution in [0.25, 0.3) is 0 Å². The first-order valence-electron chi connectivity index (χ1n) is 3.80. The maximum Gasteiger partial charge on any atom is 0.193 e. The molecule has 0 unspecified atom stereocenters. The van der Waals surface area contributed by atoms with Crippen molar-refractivity contribution in [3.05, 3.63) is 16.4 Å². The zero-order valence-electron chi connectivity index (χ0n) is 7.71. The minimum atomic E-state index is -0.754. The molecular weight excluding hydrogens is 223 g/mol. The van der Waals surface area contributed by atoms with Crippen LogP contribution in [0.4, 0.5) is 0 Å². The molecule has 5 heteroatoms. The van der Waals surface area contributed by atoms with Crippen LogP contribution in [0.2, 0.25) is 10.3 Å². The Bertz CT molecular complexity index is 385.